The van der Waals surface area contributed by atoms with Gasteiger partial charge in [-0.15, -0.1) is 0 Å². The molecule has 20 heavy (non-hydrogen) atoms. The summed E-state index contributed by atoms with van der Waals surface area (Å²) in [5, 5.41) is 0.628. The SMILES string of the molecule is CB1OCc2ccc(Oc3ccc(CN)c(Cl)c3)cc21. The first-order valence-corrected chi connectivity index (χ1v) is 6.96. The molecule has 0 saturated carbocycles. The number of hydrogen-bond acceptors (Lipinski definition) is 3. The van der Waals surface area contributed by atoms with Gasteiger partial charge in [0.05, 0.1) is 6.61 Å². The van der Waals surface area contributed by atoms with E-state index in [0.717, 1.165) is 11.3 Å². The fourth-order valence-electron chi connectivity index (χ4n) is 2.34. The first-order chi connectivity index (χ1) is 9.67. The maximum Gasteiger partial charge on any atom is 0.324 e. The Morgan fingerprint density at radius 2 is 2.00 bits per heavy atom. The Balaban J connectivity index is 1.85. The Bertz CT molecular complexity index is 648. The van der Waals surface area contributed by atoms with Crippen LogP contribution in [-0.4, -0.2) is 6.92 Å². The minimum Gasteiger partial charge on any atom is -0.457 e. The fraction of sp³-hybridized carbons (Fsp3) is 0.200. The number of fused-ring (bicyclic) bond motifs is 1. The average molecular weight is 288 g/mol. The van der Waals surface area contributed by atoms with Crippen molar-refractivity contribution in [3.63, 3.8) is 0 Å². The van der Waals surface area contributed by atoms with Gasteiger partial charge in [0.25, 0.3) is 0 Å². The predicted molar refractivity (Wildman–Crippen MR) is 81.9 cm³/mol. The van der Waals surface area contributed by atoms with Gasteiger partial charge in [0.2, 0.25) is 0 Å². The van der Waals surface area contributed by atoms with Gasteiger partial charge in [-0.25, -0.2) is 0 Å². The molecular formula is C15H15BClNO2. The third-order valence-electron chi connectivity index (χ3n) is 3.52. The van der Waals surface area contributed by atoms with E-state index in [0.29, 0.717) is 23.9 Å². The van der Waals surface area contributed by atoms with Crippen molar-refractivity contribution in [2.75, 3.05) is 0 Å². The Hall–Kier alpha value is -1.49. The van der Waals surface area contributed by atoms with E-state index in [-0.39, 0.29) is 6.92 Å². The zero-order chi connectivity index (χ0) is 14.1. The fourth-order valence-corrected chi connectivity index (χ4v) is 2.59. The monoisotopic (exact) mass is 287 g/mol. The third kappa shape index (κ3) is 2.55. The zero-order valence-electron chi connectivity index (χ0n) is 11.2. The van der Waals surface area contributed by atoms with Crippen LogP contribution in [0.5, 0.6) is 11.5 Å². The van der Waals surface area contributed by atoms with Crippen molar-refractivity contribution in [3.8, 4) is 11.5 Å². The molecule has 0 aromatic heterocycles. The molecule has 0 atom stereocenters. The molecule has 1 heterocycles. The van der Waals surface area contributed by atoms with Crippen LogP contribution in [-0.2, 0) is 17.8 Å². The van der Waals surface area contributed by atoms with Crippen LogP contribution in [0.2, 0.25) is 11.8 Å². The van der Waals surface area contributed by atoms with Crippen LogP contribution >= 0.6 is 11.6 Å². The van der Waals surface area contributed by atoms with Crippen LogP contribution in [0.1, 0.15) is 11.1 Å². The maximum atomic E-state index is 6.13. The molecule has 1 aliphatic heterocycles. The molecular weight excluding hydrogens is 272 g/mol. The van der Waals surface area contributed by atoms with Gasteiger partial charge in [0, 0.05) is 11.6 Å². The Morgan fingerprint density at radius 3 is 2.75 bits per heavy atom. The Morgan fingerprint density at radius 1 is 1.25 bits per heavy atom. The second kappa shape index (κ2) is 5.48. The molecule has 3 rings (SSSR count). The molecule has 0 unspecified atom stereocenters. The molecule has 1 aliphatic rings. The van der Waals surface area contributed by atoms with E-state index in [2.05, 4.69) is 0 Å². The van der Waals surface area contributed by atoms with E-state index in [1.165, 1.54) is 11.0 Å². The first-order valence-electron chi connectivity index (χ1n) is 6.58. The third-order valence-corrected chi connectivity index (χ3v) is 3.88. The van der Waals surface area contributed by atoms with E-state index >= 15 is 0 Å². The van der Waals surface area contributed by atoms with E-state index in [9.17, 15) is 0 Å². The summed E-state index contributed by atoms with van der Waals surface area (Å²) in [5.41, 5.74) is 8.91. The van der Waals surface area contributed by atoms with Gasteiger partial charge in [-0.05, 0) is 40.9 Å². The van der Waals surface area contributed by atoms with Crippen LogP contribution in [0.4, 0.5) is 0 Å². The van der Waals surface area contributed by atoms with Gasteiger partial charge >= 0.3 is 6.92 Å². The second-order valence-electron chi connectivity index (χ2n) is 4.87. The van der Waals surface area contributed by atoms with E-state index in [1.54, 1.807) is 6.07 Å². The molecule has 0 aliphatic carbocycles. The molecule has 102 valence electrons. The summed E-state index contributed by atoms with van der Waals surface area (Å²) in [6, 6.07) is 11.6. The summed E-state index contributed by atoms with van der Waals surface area (Å²) >= 11 is 6.13. The highest BCUT2D eigenvalue weighted by Crippen LogP contribution is 2.27. The Labute approximate surface area is 123 Å². The highest BCUT2D eigenvalue weighted by molar-refractivity contribution is 6.67. The molecule has 2 aromatic carbocycles. The van der Waals surface area contributed by atoms with Crippen molar-refractivity contribution in [1.29, 1.82) is 0 Å². The van der Waals surface area contributed by atoms with Crippen LogP contribution in [0.3, 0.4) is 0 Å². The largest absolute Gasteiger partial charge is 0.457 e. The summed E-state index contributed by atoms with van der Waals surface area (Å²) < 4.78 is 11.4. The summed E-state index contributed by atoms with van der Waals surface area (Å²) in [6.45, 7) is 3.26. The quantitative estimate of drug-likeness (QED) is 0.883. The molecule has 0 saturated heterocycles. The molecule has 0 spiro atoms. The van der Waals surface area contributed by atoms with Crippen molar-refractivity contribution < 1.29 is 9.39 Å². The topological polar surface area (TPSA) is 44.5 Å². The molecule has 2 N–H and O–H groups in total. The van der Waals surface area contributed by atoms with Gasteiger partial charge in [-0.2, -0.15) is 0 Å². The predicted octanol–water partition coefficient (Wildman–Crippen LogP) is 2.95. The van der Waals surface area contributed by atoms with Crippen molar-refractivity contribution in [3.05, 3.63) is 52.5 Å². The number of benzene rings is 2. The van der Waals surface area contributed by atoms with Gasteiger partial charge in [0.15, 0.2) is 0 Å². The van der Waals surface area contributed by atoms with Crippen molar-refractivity contribution in [2.45, 2.75) is 20.0 Å². The van der Waals surface area contributed by atoms with Crippen LogP contribution in [0.25, 0.3) is 0 Å². The van der Waals surface area contributed by atoms with Crippen molar-refractivity contribution >= 4 is 24.0 Å². The van der Waals surface area contributed by atoms with Crippen molar-refractivity contribution in [2.24, 2.45) is 5.73 Å². The molecule has 0 fully saturated rings. The zero-order valence-corrected chi connectivity index (χ0v) is 12.0. The lowest BCUT2D eigenvalue weighted by Gasteiger charge is -2.09. The van der Waals surface area contributed by atoms with Gasteiger partial charge < -0.3 is 15.1 Å². The van der Waals surface area contributed by atoms with Gasteiger partial charge in [-0.1, -0.05) is 30.6 Å². The highest BCUT2D eigenvalue weighted by atomic mass is 35.5. The summed E-state index contributed by atoms with van der Waals surface area (Å²) in [4.78, 5) is 0. The number of rotatable bonds is 3. The standard InChI is InChI=1S/C15H15BClNO2/c1-16-14-6-12(5-3-11(14)9-19-16)20-13-4-2-10(8-18)15(17)7-13/h2-7H,8-9,18H2,1H3. The minimum atomic E-state index is 0.122. The van der Waals surface area contributed by atoms with Gasteiger partial charge in [-0.3, -0.25) is 0 Å². The molecule has 0 radical (unpaired) electrons. The van der Waals surface area contributed by atoms with Crippen molar-refractivity contribution in [1.82, 2.24) is 0 Å². The minimum absolute atomic E-state index is 0.122. The lowest BCUT2D eigenvalue weighted by Crippen LogP contribution is -2.24. The molecule has 0 amide bonds. The molecule has 0 bridgehead atoms. The summed E-state index contributed by atoms with van der Waals surface area (Å²) in [7, 11) is 0. The average Bonchev–Trinajstić information content (AvgIpc) is 2.81. The smallest absolute Gasteiger partial charge is 0.324 e. The molecule has 3 nitrogen and oxygen atoms in total. The number of halogens is 1. The van der Waals surface area contributed by atoms with E-state index < -0.39 is 0 Å². The van der Waals surface area contributed by atoms with Gasteiger partial charge in [0.1, 0.15) is 11.5 Å². The summed E-state index contributed by atoms with van der Waals surface area (Å²) in [6.07, 6.45) is 0. The number of ether oxygens (including phenoxy) is 1. The van der Waals surface area contributed by atoms with E-state index in [1.807, 2.05) is 37.2 Å². The first kappa shape index (κ1) is 13.5. The second-order valence-corrected chi connectivity index (χ2v) is 5.28. The maximum absolute atomic E-state index is 6.13. The van der Waals surface area contributed by atoms with Crippen LogP contribution < -0.4 is 15.9 Å². The van der Waals surface area contributed by atoms with Crippen LogP contribution in [0.15, 0.2) is 36.4 Å². The van der Waals surface area contributed by atoms with E-state index in [4.69, 9.17) is 26.7 Å². The molecule has 2 aromatic rings. The lowest BCUT2D eigenvalue weighted by atomic mass is 9.64. The number of hydrogen-bond donors (Lipinski definition) is 1. The molecule has 5 heteroatoms. The van der Waals surface area contributed by atoms with Crippen LogP contribution in [0, 0.1) is 0 Å². The highest BCUT2D eigenvalue weighted by Gasteiger charge is 2.23. The Kier molecular flexibility index (Phi) is 3.70. The number of nitrogens with two attached hydrogens (primary N) is 1. The lowest BCUT2D eigenvalue weighted by molar-refractivity contribution is 0.333. The summed E-state index contributed by atoms with van der Waals surface area (Å²) in [5.74, 6) is 1.50. The normalized spacial score (nSPS) is 13.4.